The molecule has 2 heterocycles. The molecule has 3 N–H and O–H groups in total. The van der Waals surface area contributed by atoms with Gasteiger partial charge in [-0.2, -0.15) is 0 Å². The molecule has 0 saturated carbocycles. The van der Waals surface area contributed by atoms with Gasteiger partial charge in [0.2, 0.25) is 12.3 Å². The van der Waals surface area contributed by atoms with Crippen molar-refractivity contribution < 1.29 is 19.8 Å². The van der Waals surface area contributed by atoms with E-state index in [0.29, 0.717) is 19.5 Å². The number of hydrogen-bond donors (Lipinski definition) is 3. The minimum Gasteiger partial charge on any atom is -0.504 e. The number of H-pyrrole nitrogens is 1. The minimum absolute atomic E-state index is 0.0103. The van der Waals surface area contributed by atoms with Crippen LogP contribution in [0.25, 0.3) is 10.9 Å². The Kier molecular flexibility index (Phi) is 8.29. The number of likely N-dealkylation sites (N-methyl/N-ethyl adjacent to an activating group) is 1. The number of nitrogens with zero attached hydrogens (tertiary/aromatic N) is 2. The van der Waals surface area contributed by atoms with Crippen molar-refractivity contribution in [3.05, 3.63) is 59.8 Å². The summed E-state index contributed by atoms with van der Waals surface area (Å²) >= 11 is 0. The standard InChI is InChI=1S/C15H17N3O2.C6H6O2.C2H6/c1-17(10-19)9-15(20)18-7-6-12-11-4-2-3-5-13(11)16-14(12)8-18;7-5-3-1-2-4-6(5)8;1-2/h2-5,10,16H,6-9H2,1H3;1-4,7-8H;1-2H3. The first-order chi connectivity index (χ1) is 14.5. The molecule has 1 aliphatic rings. The molecule has 2 aromatic carbocycles. The molecule has 0 radical (unpaired) electrons. The average Bonchev–Trinajstić information content (AvgIpc) is 3.15. The fraction of sp³-hybridized carbons (Fsp3) is 0.304. The third-order valence-corrected chi connectivity index (χ3v) is 4.68. The van der Waals surface area contributed by atoms with Crippen LogP contribution in [0.4, 0.5) is 0 Å². The number of amides is 2. The number of carbonyl (C=O) groups is 2. The molecule has 2 amide bonds. The van der Waals surface area contributed by atoms with E-state index in [2.05, 4.69) is 17.1 Å². The number of hydrogen-bond acceptors (Lipinski definition) is 4. The van der Waals surface area contributed by atoms with Crippen LogP contribution in [0.5, 0.6) is 11.5 Å². The van der Waals surface area contributed by atoms with E-state index in [-0.39, 0.29) is 24.0 Å². The summed E-state index contributed by atoms with van der Waals surface area (Å²) in [5.41, 5.74) is 3.55. The Bertz CT molecular complexity index is 962. The monoisotopic (exact) mass is 411 g/mol. The van der Waals surface area contributed by atoms with Gasteiger partial charge in [0.25, 0.3) is 0 Å². The highest BCUT2D eigenvalue weighted by Gasteiger charge is 2.24. The predicted molar refractivity (Wildman–Crippen MR) is 117 cm³/mol. The molecule has 0 bridgehead atoms. The molecular weight excluding hydrogens is 382 g/mol. The van der Waals surface area contributed by atoms with Crippen molar-refractivity contribution in [2.75, 3.05) is 20.1 Å². The fourth-order valence-electron chi connectivity index (χ4n) is 3.22. The van der Waals surface area contributed by atoms with Gasteiger partial charge in [-0.05, 0) is 30.2 Å². The molecule has 7 nitrogen and oxygen atoms in total. The van der Waals surface area contributed by atoms with Crippen LogP contribution >= 0.6 is 0 Å². The Balaban J connectivity index is 0.000000269. The number of fused-ring (bicyclic) bond motifs is 3. The Morgan fingerprint density at radius 2 is 1.70 bits per heavy atom. The zero-order valence-electron chi connectivity index (χ0n) is 17.6. The van der Waals surface area contributed by atoms with Gasteiger partial charge in [-0.1, -0.05) is 44.2 Å². The molecule has 1 aromatic heterocycles. The summed E-state index contributed by atoms with van der Waals surface area (Å²) in [5.74, 6) is -0.163. The highest BCUT2D eigenvalue weighted by atomic mass is 16.3. The molecule has 4 rings (SSSR count). The summed E-state index contributed by atoms with van der Waals surface area (Å²) in [5, 5.41) is 18.6. The number of nitrogens with one attached hydrogen (secondary N) is 1. The Morgan fingerprint density at radius 3 is 2.30 bits per heavy atom. The van der Waals surface area contributed by atoms with Gasteiger partial charge >= 0.3 is 0 Å². The van der Waals surface area contributed by atoms with Crippen molar-refractivity contribution in [2.24, 2.45) is 0 Å². The fourth-order valence-corrected chi connectivity index (χ4v) is 3.22. The van der Waals surface area contributed by atoms with Crippen molar-refractivity contribution in [2.45, 2.75) is 26.8 Å². The number of phenolic OH excluding ortho intramolecular Hbond substituents is 2. The van der Waals surface area contributed by atoms with Gasteiger partial charge in [0.1, 0.15) is 0 Å². The first-order valence-electron chi connectivity index (χ1n) is 9.98. The lowest BCUT2D eigenvalue weighted by molar-refractivity contribution is -0.135. The van der Waals surface area contributed by atoms with Gasteiger partial charge < -0.3 is 25.0 Å². The van der Waals surface area contributed by atoms with E-state index in [9.17, 15) is 9.59 Å². The van der Waals surface area contributed by atoms with E-state index in [1.807, 2.05) is 26.0 Å². The van der Waals surface area contributed by atoms with Crippen LogP contribution in [-0.4, -0.2) is 57.5 Å². The lowest BCUT2D eigenvalue weighted by atomic mass is 10.0. The second-order valence-corrected chi connectivity index (χ2v) is 6.70. The maximum Gasteiger partial charge on any atom is 0.242 e. The molecule has 0 saturated heterocycles. The van der Waals surface area contributed by atoms with Crippen molar-refractivity contribution >= 4 is 23.2 Å². The second kappa shape index (κ2) is 10.9. The molecule has 0 unspecified atom stereocenters. The maximum atomic E-state index is 12.1. The third-order valence-electron chi connectivity index (χ3n) is 4.68. The van der Waals surface area contributed by atoms with Crippen molar-refractivity contribution in [1.29, 1.82) is 0 Å². The Labute approximate surface area is 176 Å². The summed E-state index contributed by atoms with van der Waals surface area (Å²) < 4.78 is 0. The highest BCUT2D eigenvalue weighted by Crippen LogP contribution is 2.27. The highest BCUT2D eigenvalue weighted by molar-refractivity contribution is 5.86. The van der Waals surface area contributed by atoms with E-state index in [4.69, 9.17) is 10.2 Å². The molecule has 0 spiro atoms. The predicted octanol–water partition coefficient (Wildman–Crippen LogP) is 3.26. The number of aromatic amines is 1. The molecule has 7 heteroatoms. The zero-order chi connectivity index (χ0) is 22.1. The van der Waals surface area contributed by atoms with Gasteiger partial charge in [0.15, 0.2) is 11.5 Å². The van der Waals surface area contributed by atoms with Gasteiger partial charge in [0, 0.05) is 30.2 Å². The van der Waals surface area contributed by atoms with Crippen LogP contribution in [0.2, 0.25) is 0 Å². The molecule has 0 atom stereocenters. The lowest BCUT2D eigenvalue weighted by Gasteiger charge is -2.28. The number of benzene rings is 2. The first-order valence-corrected chi connectivity index (χ1v) is 9.98. The van der Waals surface area contributed by atoms with E-state index in [1.54, 1.807) is 24.1 Å². The number of rotatable bonds is 3. The van der Waals surface area contributed by atoms with Crippen molar-refractivity contribution in [3.63, 3.8) is 0 Å². The van der Waals surface area contributed by atoms with E-state index < -0.39 is 0 Å². The Hall–Kier alpha value is -3.48. The minimum atomic E-state index is -0.0764. The van der Waals surface area contributed by atoms with Gasteiger partial charge in [-0.3, -0.25) is 9.59 Å². The van der Waals surface area contributed by atoms with E-state index >= 15 is 0 Å². The van der Waals surface area contributed by atoms with Crippen molar-refractivity contribution in [3.8, 4) is 11.5 Å². The smallest absolute Gasteiger partial charge is 0.242 e. The van der Waals surface area contributed by atoms with Gasteiger partial charge in [0.05, 0.1) is 13.1 Å². The van der Waals surface area contributed by atoms with Crippen LogP contribution in [0, 0.1) is 0 Å². The molecule has 160 valence electrons. The summed E-state index contributed by atoms with van der Waals surface area (Å²) in [6.07, 6.45) is 1.53. The first kappa shape index (κ1) is 22.8. The molecular formula is C23H29N3O4. The van der Waals surface area contributed by atoms with Crippen LogP contribution < -0.4 is 0 Å². The average molecular weight is 412 g/mol. The topological polar surface area (TPSA) is 96.9 Å². The molecule has 0 fully saturated rings. The number of aromatic nitrogens is 1. The van der Waals surface area contributed by atoms with E-state index in [1.165, 1.54) is 28.0 Å². The SMILES string of the molecule is CC.CN(C=O)CC(=O)N1CCc2c([nH]c3ccccc23)C1.Oc1ccccc1O. The number of para-hydroxylation sites is 3. The van der Waals surface area contributed by atoms with E-state index in [0.717, 1.165) is 17.6 Å². The van der Waals surface area contributed by atoms with Gasteiger partial charge in [-0.15, -0.1) is 0 Å². The zero-order valence-corrected chi connectivity index (χ0v) is 17.6. The van der Waals surface area contributed by atoms with Crippen LogP contribution in [0.15, 0.2) is 48.5 Å². The number of aromatic hydroxyl groups is 2. The summed E-state index contributed by atoms with van der Waals surface area (Å²) in [4.78, 5) is 29.3. The summed E-state index contributed by atoms with van der Waals surface area (Å²) in [6, 6.07) is 14.4. The van der Waals surface area contributed by atoms with Crippen LogP contribution in [0.1, 0.15) is 25.1 Å². The quantitative estimate of drug-likeness (QED) is 0.455. The normalized spacial score (nSPS) is 12.0. The lowest BCUT2D eigenvalue weighted by Crippen LogP contribution is -2.41. The summed E-state index contributed by atoms with van der Waals surface area (Å²) in [6.45, 7) is 5.44. The largest absolute Gasteiger partial charge is 0.504 e. The second-order valence-electron chi connectivity index (χ2n) is 6.70. The maximum absolute atomic E-state index is 12.1. The Morgan fingerprint density at radius 1 is 1.10 bits per heavy atom. The molecule has 3 aromatic rings. The number of carbonyl (C=O) groups excluding carboxylic acids is 2. The third kappa shape index (κ3) is 5.53. The summed E-state index contributed by atoms with van der Waals surface area (Å²) in [7, 11) is 1.61. The van der Waals surface area contributed by atoms with Gasteiger partial charge in [-0.25, -0.2) is 0 Å². The van der Waals surface area contributed by atoms with Crippen LogP contribution in [0.3, 0.4) is 0 Å². The van der Waals surface area contributed by atoms with Crippen molar-refractivity contribution in [1.82, 2.24) is 14.8 Å². The molecule has 1 aliphatic heterocycles. The molecule has 0 aliphatic carbocycles. The van der Waals surface area contributed by atoms with Crippen LogP contribution in [-0.2, 0) is 22.6 Å². The molecule has 30 heavy (non-hydrogen) atoms. The number of phenols is 2.